The van der Waals surface area contributed by atoms with Gasteiger partial charge in [-0.15, -0.1) is 0 Å². The highest BCUT2D eigenvalue weighted by Crippen LogP contribution is 2.26. The summed E-state index contributed by atoms with van der Waals surface area (Å²) in [6.45, 7) is 0.562. The van der Waals surface area contributed by atoms with E-state index in [0.29, 0.717) is 38.5 Å². The van der Waals surface area contributed by atoms with Gasteiger partial charge in [0.05, 0.1) is 10.6 Å². The monoisotopic (exact) mass is 419 g/mol. The number of ether oxygens (including phenoxy) is 1. The molecule has 6 heteroatoms. The molecule has 3 rings (SSSR count). The minimum absolute atomic E-state index is 0.0125. The van der Waals surface area contributed by atoms with Crippen LogP contribution < -0.4 is 10.1 Å². The molecule has 0 unspecified atom stereocenters. The van der Waals surface area contributed by atoms with Gasteiger partial charge in [0.15, 0.2) is 0 Å². The first-order chi connectivity index (χ1) is 13.0. The van der Waals surface area contributed by atoms with Crippen LogP contribution in [0.25, 0.3) is 0 Å². The Labute approximate surface area is 172 Å². The van der Waals surface area contributed by atoms with Crippen molar-refractivity contribution in [1.29, 1.82) is 0 Å². The van der Waals surface area contributed by atoms with E-state index in [0.717, 1.165) is 5.56 Å². The number of thiocarbonyl (C=S) groups is 1. The molecule has 3 aromatic rings. The Balaban J connectivity index is 1.75. The van der Waals surface area contributed by atoms with E-state index in [9.17, 15) is 4.39 Å². The molecule has 0 bridgehead atoms. The molecule has 138 valence electrons. The van der Waals surface area contributed by atoms with Gasteiger partial charge in [-0.2, -0.15) is 0 Å². The first kappa shape index (κ1) is 19.6. The molecule has 0 heterocycles. The van der Waals surface area contributed by atoms with Crippen LogP contribution in [0.2, 0.25) is 10.0 Å². The summed E-state index contributed by atoms with van der Waals surface area (Å²) in [5, 5.41) is 4.04. The molecule has 0 amide bonds. The molecule has 1 N–H and O–H groups in total. The molecule has 2 nitrogen and oxygen atoms in total. The minimum Gasteiger partial charge on any atom is -0.488 e. The topological polar surface area (TPSA) is 21.3 Å². The van der Waals surface area contributed by atoms with Crippen LogP contribution in [0.1, 0.15) is 16.7 Å². The first-order valence-electron chi connectivity index (χ1n) is 8.22. The summed E-state index contributed by atoms with van der Waals surface area (Å²) in [6.07, 6.45) is 0. The van der Waals surface area contributed by atoms with E-state index in [-0.39, 0.29) is 6.61 Å². The van der Waals surface area contributed by atoms with Crippen molar-refractivity contribution in [2.75, 3.05) is 0 Å². The van der Waals surface area contributed by atoms with Gasteiger partial charge >= 0.3 is 0 Å². The number of rotatable bonds is 6. The molecule has 0 aliphatic carbocycles. The molecule has 3 aromatic carbocycles. The summed E-state index contributed by atoms with van der Waals surface area (Å²) >= 11 is 17.7. The second kappa shape index (κ2) is 9.18. The van der Waals surface area contributed by atoms with Gasteiger partial charge in [0.2, 0.25) is 0 Å². The van der Waals surface area contributed by atoms with Crippen molar-refractivity contribution in [2.24, 2.45) is 0 Å². The summed E-state index contributed by atoms with van der Waals surface area (Å²) < 4.78 is 19.8. The van der Waals surface area contributed by atoms with Crippen LogP contribution in [0.5, 0.6) is 5.75 Å². The predicted molar refractivity (Wildman–Crippen MR) is 112 cm³/mol. The summed E-state index contributed by atoms with van der Waals surface area (Å²) in [5.41, 5.74) is 2.03. The predicted octanol–water partition coefficient (Wildman–Crippen LogP) is 6.18. The molecule has 0 radical (unpaired) electrons. The Hall–Kier alpha value is -2.14. The number of hydrogen-bond acceptors (Lipinski definition) is 2. The van der Waals surface area contributed by atoms with E-state index in [4.69, 9.17) is 40.2 Å². The highest BCUT2D eigenvalue weighted by atomic mass is 35.5. The van der Waals surface area contributed by atoms with Crippen LogP contribution in [0.4, 0.5) is 4.39 Å². The maximum atomic E-state index is 14.0. The zero-order chi connectivity index (χ0) is 19.2. The van der Waals surface area contributed by atoms with Gasteiger partial charge in [-0.25, -0.2) is 4.39 Å². The van der Waals surface area contributed by atoms with Gasteiger partial charge in [0.25, 0.3) is 0 Å². The lowest BCUT2D eigenvalue weighted by Gasteiger charge is -2.15. The molecule has 0 aromatic heterocycles. The molecule has 0 saturated carbocycles. The van der Waals surface area contributed by atoms with Gasteiger partial charge in [-0.3, -0.25) is 0 Å². The fourth-order valence-electron chi connectivity index (χ4n) is 2.50. The molecule has 0 atom stereocenters. The maximum Gasteiger partial charge on any atom is 0.131 e. The van der Waals surface area contributed by atoms with Gasteiger partial charge in [0, 0.05) is 17.1 Å². The molecular weight excluding hydrogens is 404 g/mol. The Morgan fingerprint density at radius 3 is 2.52 bits per heavy atom. The average molecular weight is 420 g/mol. The van der Waals surface area contributed by atoms with Crippen molar-refractivity contribution in [3.63, 3.8) is 0 Å². The fraction of sp³-hybridized carbons (Fsp3) is 0.0952. The third-order valence-electron chi connectivity index (χ3n) is 3.92. The van der Waals surface area contributed by atoms with Crippen LogP contribution in [0.3, 0.4) is 0 Å². The van der Waals surface area contributed by atoms with Crippen LogP contribution in [0, 0.1) is 5.82 Å². The number of benzene rings is 3. The molecular formula is C21H16Cl2FNOS. The summed E-state index contributed by atoms with van der Waals surface area (Å²) in [6, 6.07) is 19.6. The molecule has 0 spiro atoms. The third-order valence-corrected chi connectivity index (χ3v) is 4.87. The first-order valence-corrected chi connectivity index (χ1v) is 9.38. The van der Waals surface area contributed by atoms with Crippen LogP contribution in [-0.2, 0) is 13.2 Å². The molecule has 0 saturated heterocycles. The van der Waals surface area contributed by atoms with E-state index in [1.165, 1.54) is 6.07 Å². The second-order valence-electron chi connectivity index (χ2n) is 5.80. The SMILES string of the molecule is Fc1cccc(Cl)c1COc1ccc(Cl)cc1C(=S)NCc1ccccc1. The largest absolute Gasteiger partial charge is 0.488 e. The highest BCUT2D eigenvalue weighted by molar-refractivity contribution is 7.80. The van der Waals surface area contributed by atoms with Crippen molar-refractivity contribution < 1.29 is 9.13 Å². The summed E-state index contributed by atoms with van der Waals surface area (Å²) in [5.74, 6) is 0.0899. The third kappa shape index (κ3) is 5.19. The van der Waals surface area contributed by atoms with E-state index in [1.807, 2.05) is 30.3 Å². The smallest absolute Gasteiger partial charge is 0.131 e. The minimum atomic E-state index is -0.414. The lowest BCUT2D eigenvalue weighted by molar-refractivity contribution is 0.299. The van der Waals surface area contributed by atoms with Crippen LogP contribution in [-0.4, -0.2) is 4.99 Å². The van der Waals surface area contributed by atoms with Crippen molar-refractivity contribution in [1.82, 2.24) is 5.32 Å². The Kier molecular flexibility index (Phi) is 6.67. The fourth-order valence-corrected chi connectivity index (χ4v) is 3.12. The second-order valence-corrected chi connectivity index (χ2v) is 7.05. The molecule has 0 fully saturated rings. The normalized spacial score (nSPS) is 10.5. The van der Waals surface area contributed by atoms with Crippen molar-refractivity contribution >= 4 is 40.4 Å². The van der Waals surface area contributed by atoms with Crippen molar-refractivity contribution in [2.45, 2.75) is 13.2 Å². The van der Waals surface area contributed by atoms with Gasteiger partial charge < -0.3 is 10.1 Å². The Bertz CT molecular complexity index is 930. The number of nitrogens with one attached hydrogen (secondary N) is 1. The van der Waals surface area contributed by atoms with Gasteiger partial charge in [-0.1, -0.05) is 71.8 Å². The number of halogens is 3. The van der Waals surface area contributed by atoms with E-state index >= 15 is 0 Å². The maximum absolute atomic E-state index is 14.0. The standard InChI is InChI=1S/C21H16Cl2FNOS/c22-15-9-10-20(26-13-17-18(23)7-4-8-19(17)24)16(11-15)21(27)25-12-14-5-2-1-3-6-14/h1-11H,12-13H2,(H,25,27). The zero-order valence-electron chi connectivity index (χ0n) is 14.2. The summed E-state index contributed by atoms with van der Waals surface area (Å²) in [4.78, 5) is 0.496. The van der Waals surface area contributed by atoms with Crippen LogP contribution >= 0.6 is 35.4 Å². The van der Waals surface area contributed by atoms with Gasteiger partial charge in [-0.05, 0) is 35.9 Å². The van der Waals surface area contributed by atoms with E-state index in [1.54, 1.807) is 30.3 Å². The molecule has 27 heavy (non-hydrogen) atoms. The lowest BCUT2D eigenvalue weighted by atomic mass is 10.1. The van der Waals surface area contributed by atoms with Crippen molar-refractivity contribution in [3.05, 3.63) is 99.3 Å². The molecule has 0 aliphatic rings. The Morgan fingerprint density at radius 1 is 1.00 bits per heavy atom. The van der Waals surface area contributed by atoms with E-state index in [2.05, 4.69) is 5.32 Å². The highest BCUT2D eigenvalue weighted by Gasteiger charge is 2.13. The van der Waals surface area contributed by atoms with Crippen molar-refractivity contribution in [3.8, 4) is 5.75 Å². The van der Waals surface area contributed by atoms with Gasteiger partial charge in [0.1, 0.15) is 23.2 Å². The average Bonchev–Trinajstić information content (AvgIpc) is 2.67. The Morgan fingerprint density at radius 2 is 1.78 bits per heavy atom. The van der Waals surface area contributed by atoms with Crippen LogP contribution in [0.15, 0.2) is 66.7 Å². The summed E-state index contributed by atoms with van der Waals surface area (Å²) in [7, 11) is 0. The number of hydrogen-bond donors (Lipinski definition) is 1. The molecule has 0 aliphatic heterocycles. The zero-order valence-corrected chi connectivity index (χ0v) is 16.5. The quantitative estimate of drug-likeness (QED) is 0.482. The van der Waals surface area contributed by atoms with E-state index < -0.39 is 5.82 Å². The lowest BCUT2D eigenvalue weighted by Crippen LogP contribution is -2.22.